The van der Waals surface area contributed by atoms with Crippen LogP contribution in [0.25, 0.3) is 11.3 Å². The minimum Gasteiger partial charge on any atom is -0.350 e. The number of rotatable bonds is 6. The maximum Gasteiger partial charge on any atom is 0.294 e. The number of aromatic nitrogens is 3. The van der Waals surface area contributed by atoms with Gasteiger partial charge in [-0.25, -0.2) is 9.97 Å². The number of nitrogens with zero attached hydrogens (tertiary/aromatic N) is 3. The first-order valence-electron chi connectivity index (χ1n) is 8.41. The Morgan fingerprint density at radius 1 is 0.929 bits per heavy atom. The number of hydrogen-bond donors (Lipinski definition) is 2. The number of benzene rings is 2. The lowest BCUT2D eigenvalue weighted by Crippen LogP contribution is -2.10. The zero-order valence-corrected chi connectivity index (χ0v) is 15.4. The summed E-state index contributed by atoms with van der Waals surface area (Å²) < 4.78 is 8.22. The van der Waals surface area contributed by atoms with Gasteiger partial charge >= 0.3 is 0 Å². The molecular weight excluding hydrogens is 374 g/mol. The fourth-order valence-corrected chi connectivity index (χ4v) is 2.97. The SMILES string of the molecule is O=C(Nc1ccc(SNc2ncccn2)cc1)c1cc(-c2ccccc2)no1. The van der Waals surface area contributed by atoms with E-state index in [1.807, 2.05) is 54.6 Å². The molecule has 0 saturated heterocycles. The lowest BCUT2D eigenvalue weighted by Gasteiger charge is -2.05. The van der Waals surface area contributed by atoms with Gasteiger partial charge in [0.05, 0.1) is 0 Å². The first kappa shape index (κ1) is 17.7. The number of anilines is 2. The van der Waals surface area contributed by atoms with Crippen LogP contribution in [-0.4, -0.2) is 21.0 Å². The van der Waals surface area contributed by atoms with E-state index in [1.54, 1.807) is 24.5 Å². The van der Waals surface area contributed by atoms with Crippen molar-refractivity contribution in [2.45, 2.75) is 4.90 Å². The maximum absolute atomic E-state index is 12.4. The summed E-state index contributed by atoms with van der Waals surface area (Å²) in [6, 6.07) is 20.3. The highest BCUT2D eigenvalue weighted by Gasteiger charge is 2.14. The normalized spacial score (nSPS) is 10.4. The molecule has 0 saturated carbocycles. The minimum atomic E-state index is -0.356. The Labute approximate surface area is 165 Å². The summed E-state index contributed by atoms with van der Waals surface area (Å²) in [5, 5.41) is 6.75. The lowest BCUT2D eigenvalue weighted by atomic mass is 10.1. The molecular formula is C20H15N5O2S. The largest absolute Gasteiger partial charge is 0.350 e. The fraction of sp³-hybridized carbons (Fsp3) is 0. The van der Waals surface area contributed by atoms with E-state index in [9.17, 15) is 4.79 Å². The van der Waals surface area contributed by atoms with Crippen LogP contribution in [0.1, 0.15) is 10.6 Å². The van der Waals surface area contributed by atoms with E-state index in [0.717, 1.165) is 10.5 Å². The van der Waals surface area contributed by atoms with Crippen molar-refractivity contribution in [3.63, 3.8) is 0 Å². The highest BCUT2D eigenvalue weighted by molar-refractivity contribution is 8.00. The van der Waals surface area contributed by atoms with Gasteiger partial charge in [0.2, 0.25) is 11.7 Å². The molecule has 1 amide bonds. The second-order valence-corrected chi connectivity index (χ2v) is 6.58. The Hall–Kier alpha value is -3.65. The Balaban J connectivity index is 1.36. The molecule has 0 spiro atoms. The molecule has 7 nitrogen and oxygen atoms in total. The molecule has 4 rings (SSSR count). The van der Waals surface area contributed by atoms with Crippen LogP contribution in [0.15, 0.2) is 88.5 Å². The first-order valence-corrected chi connectivity index (χ1v) is 9.23. The highest BCUT2D eigenvalue weighted by atomic mass is 32.2. The van der Waals surface area contributed by atoms with Gasteiger partial charge in [-0.3, -0.25) is 9.52 Å². The van der Waals surface area contributed by atoms with E-state index in [1.165, 1.54) is 11.9 Å². The molecule has 0 aliphatic carbocycles. The van der Waals surface area contributed by atoms with Gasteiger partial charge in [0, 0.05) is 34.6 Å². The third kappa shape index (κ3) is 4.36. The molecule has 2 aromatic heterocycles. The zero-order chi connectivity index (χ0) is 19.2. The first-order chi connectivity index (χ1) is 13.8. The fourth-order valence-electron chi connectivity index (χ4n) is 2.38. The minimum absolute atomic E-state index is 0.153. The van der Waals surface area contributed by atoms with Gasteiger partial charge in [-0.15, -0.1) is 0 Å². The number of hydrogen-bond acceptors (Lipinski definition) is 7. The van der Waals surface area contributed by atoms with Crippen molar-refractivity contribution in [2.24, 2.45) is 0 Å². The van der Waals surface area contributed by atoms with Crippen LogP contribution in [0.5, 0.6) is 0 Å². The van der Waals surface area contributed by atoms with Crippen molar-refractivity contribution in [1.29, 1.82) is 0 Å². The predicted octanol–water partition coefficient (Wildman–Crippen LogP) is 4.50. The van der Waals surface area contributed by atoms with Gasteiger partial charge in [-0.05, 0) is 42.3 Å². The smallest absolute Gasteiger partial charge is 0.294 e. The van der Waals surface area contributed by atoms with Crippen LogP contribution in [-0.2, 0) is 0 Å². The van der Waals surface area contributed by atoms with Crippen molar-refractivity contribution in [1.82, 2.24) is 15.1 Å². The summed E-state index contributed by atoms with van der Waals surface area (Å²) in [5.74, 6) is 0.329. The molecule has 0 fully saturated rings. The van der Waals surface area contributed by atoms with Crippen molar-refractivity contribution in [3.05, 3.63) is 84.9 Å². The van der Waals surface area contributed by atoms with E-state index in [4.69, 9.17) is 4.52 Å². The topological polar surface area (TPSA) is 92.9 Å². The average molecular weight is 389 g/mol. The molecule has 0 bridgehead atoms. The summed E-state index contributed by atoms with van der Waals surface area (Å²) in [6.45, 7) is 0. The third-order valence-electron chi connectivity index (χ3n) is 3.74. The summed E-state index contributed by atoms with van der Waals surface area (Å²) >= 11 is 1.38. The Morgan fingerprint density at radius 3 is 2.43 bits per heavy atom. The quantitative estimate of drug-likeness (QED) is 0.469. The van der Waals surface area contributed by atoms with Crippen LogP contribution in [0.2, 0.25) is 0 Å². The number of amides is 1. The van der Waals surface area contributed by atoms with Gasteiger partial charge in [-0.1, -0.05) is 35.5 Å². The van der Waals surface area contributed by atoms with Crippen molar-refractivity contribution in [3.8, 4) is 11.3 Å². The van der Waals surface area contributed by atoms with Gasteiger partial charge in [0.15, 0.2) is 0 Å². The number of carbonyl (C=O) groups is 1. The Kier molecular flexibility index (Phi) is 5.30. The van der Waals surface area contributed by atoms with Crippen LogP contribution in [0.3, 0.4) is 0 Å². The molecule has 4 aromatic rings. The molecule has 8 heteroatoms. The van der Waals surface area contributed by atoms with E-state index in [-0.39, 0.29) is 11.7 Å². The zero-order valence-electron chi connectivity index (χ0n) is 14.6. The molecule has 0 aliphatic heterocycles. The summed E-state index contributed by atoms with van der Waals surface area (Å²) in [6.07, 6.45) is 3.34. The monoisotopic (exact) mass is 389 g/mol. The predicted molar refractivity (Wildman–Crippen MR) is 108 cm³/mol. The van der Waals surface area contributed by atoms with Crippen molar-refractivity contribution >= 4 is 29.5 Å². The van der Waals surface area contributed by atoms with Gasteiger partial charge in [0.1, 0.15) is 5.69 Å². The van der Waals surface area contributed by atoms with E-state index in [0.29, 0.717) is 17.3 Å². The van der Waals surface area contributed by atoms with Crippen molar-refractivity contribution < 1.29 is 9.32 Å². The van der Waals surface area contributed by atoms with E-state index in [2.05, 4.69) is 25.2 Å². The second-order valence-electron chi connectivity index (χ2n) is 5.70. The molecule has 2 aromatic carbocycles. The highest BCUT2D eigenvalue weighted by Crippen LogP contribution is 2.22. The lowest BCUT2D eigenvalue weighted by molar-refractivity contribution is 0.0988. The van der Waals surface area contributed by atoms with Gasteiger partial charge < -0.3 is 9.84 Å². The number of carbonyl (C=O) groups excluding carboxylic acids is 1. The molecule has 28 heavy (non-hydrogen) atoms. The van der Waals surface area contributed by atoms with Crippen LogP contribution >= 0.6 is 11.9 Å². The summed E-state index contributed by atoms with van der Waals surface area (Å²) in [7, 11) is 0. The summed E-state index contributed by atoms with van der Waals surface area (Å²) in [5.41, 5.74) is 2.16. The molecule has 138 valence electrons. The van der Waals surface area contributed by atoms with Crippen LogP contribution < -0.4 is 10.0 Å². The Morgan fingerprint density at radius 2 is 1.68 bits per heavy atom. The molecule has 0 aliphatic rings. The van der Waals surface area contributed by atoms with E-state index < -0.39 is 0 Å². The molecule has 2 heterocycles. The second kappa shape index (κ2) is 8.36. The number of nitrogens with one attached hydrogen (secondary N) is 2. The van der Waals surface area contributed by atoms with Crippen LogP contribution in [0.4, 0.5) is 11.6 Å². The third-order valence-corrected chi connectivity index (χ3v) is 4.53. The molecule has 2 N–H and O–H groups in total. The van der Waals surface area contributed by atoms with Crippen molar-refractivity contribution in [2.75, 3.05) is 10.0 Å². The maximum atomic E-state index is 12.4. The standard InChI is InChI=1S/C20H15N5O2S/c26-19(18-13-17(24-27-18)14-5-2-1-3-6-14)23-15-7-9-16(10-8-15)28-25-20-21-11-4-12-22-20/h1-13H,(H,23,26)(H,21,22,25). The summed E-state index contributed by atoms with van der Waals surface area (Å²) in [4.78, 5) is 21.5. The van der Waals surface area contributed by atoms with E-state index >= 15 is 0 Å². The van der Waals surface area contributed by atoms with Gasteiger partial charge in [0.25, 0.3) is 5.91 Å². The molecule has 0 atom stereocenters. The van der Waals surface area contributed by atoms with Crippen LogP contribution in [0, 0.1) is 0 Å². The molecule has 0 unspecified atom stereocenters. The van der Waals surface area contributed by atoms with Gasteiger partial charge in [-0.2, -0.15) is 0 Å². The average Bonchev–Trinajstić information content (AvgIpc) is 3.25. The molecule has 0 radical (unpaired) electrons. The Bertz CT molecular complexity index is 1050.